The van der Waals surface area contributed by atoms with E-state index < -0.39 is 0 Å². The number of nitrogens with zero attached hydrogens (tertiary/aromatic N) is 2. The first-order chi connectivity index (χ1) is 6.34. The molecule has 0 amide bonds. The Morgan fingerprint density at radius 2 is 2.23 bits per heavy atom. The molecule has 0 aromatic carbocycles. The van der Waals surface area contributed by atoms with Crippen LogP contribution >= 0.6 is 0 Å². The lowest BCUT2D eigenvalue weighted by Crippen LogP contribution is -2.34. The number of hydrogen-bond donors (Lipinski definition) is 1. The van der Waals surface area contributed by atoms with Gasteiger partial charge in [-0.25, -0.2) is 0 Å². The van der Waals surface area contributed by atoms with Crippen molar-refractivity contribution in [1.29, 1.82) is 0 Å². The summed E-state index contributed by atoms with van der Waals surface area (Å²) in [5.41, 5.74) is 2.02. The Bertz CT molecular complexity index is 264. The van der Waals surface area contributed by atoms with Crippen molar-refractivity contribution in [2.24, 2.45) is 0 Å². The monoisotopic (exact) mass is 177 g/mol. The first-order valence-electron chi connectivity index (χ1n) is 4.85. The van der Waals surface area contributed by atoms with Gasteiger partial charge in [0.15, 0.2) is 0 Å². The molecule has 0 spiro atoms. The second-order valence-electron chi connectivity index (χ2n) is 3.66. The summed E-state index contributed by atoms with van der Waals surface area (Å²) < 4.78 is 0. The van der Waals surface area contributed by atoms with Gasteiger partial charge in [-0.15, -0.1) is 0 Å². The van der Waals surface area contributed by atoms with Crippen molar-refractivity contribution in [3.8, 4) is 0 Å². The van der Waals surface area contributed by atoms with Gasteiger partial charge in [0.1, 0.15) is 0 Å². The maximum Gasteiger partial charge on any atom is 0.0724 e. The van der Waals surface area contributed by atoms with Gasteiger partial charge in [0, 0.05) is 25.0 Å². The third-order valence-electron chi connectivity index (χ3n) is 2.51. The zero-order chi connectivity index (χ0) is 9.10. The van der Waals surface area contributed by atoms with E-state index in [1.54, 1.807) is 0 Å². The second kappa shape index (κ2) is 3.83. The van der Waals surface area contributed by atoms with Gasteiger partial charge in [0.2, 0.25) is 0 Å². The van der Waals surface area contributed by atoms with Gasteiger partial charge in [0.05, 0.1) is 11.4 Å². The van der Waals surface area contributed by atoms with E-state index in [-0.39, 0.29) is 0 Å². The molecule has 1 N–H and O–H groups in total. The van der Waals surface area contributed by atoms with Gasteiger partial charge < -0.3 is 5.32 Å². The fourth-order valence-electron chi connectivity index (χ4n) is 1.37. The summed E-state index contributed by atoms with van der Waals surface area (Å²) in [7, 11) is 0. The normalized spacial score (nSPS) is 17.0. The van der Waals surface area contributed by atoms with Gasteiger partial charge in [-0.2, -0.15) is 0 Å². The van der Waals surface area contributed by atoms with Crippen LogP contribution < -0.4 is 5.32 Å². The Labute approximate surface area is 78.6 Å². The van der Waals surface area contributed by atoms with Gasteiger partial charge in [-0.05, 0) is 19.8 Å². The maximum atomic E-state index is 4.28. The van der Waals surface area contributed by atoms with E-state index in [4.69, 9.17) is 0 Å². The van der Waals surface area contributed by atoms with E-state index in [0.717, 1.165) is 24.0 Å². The Balaban J connectivity index is 1.83. The molecule has 0 saturated heterocycles. The molecule has 1 heterocycles. The van der Waals surface area contributed by atoms with Gasteiger partial charge in [-0.3, -0.25) is 9.97 Å². The average Bonchev–Trinajstić information content (AvgIpc) is 2.05. The molecule has 3 nitrogen and oxygen atoms in total. The van der Waals surface area contributed by atoms with Crippen LogP contribution in [-0.2, 0) is 6.54 Å². The smallest absolute Gasteiger partial charge is 0.0724 e. The fourth-order valence-corrected chi connectivity index (χ4v) is 1.37. The summed E-state index contributed by atoms with van der Waals surface area (Å²) in [6.45, 7) is 2.81. The van der Waals surface area contributed by atoms with E-state index in [0.29, 0.717) is 0 Å². The Kier molecular flexibility index (Phi) is 2.54. The Morgan fingerprint density at radius 1 is 1.38 bits per heavy atom. The molecule has 1 fully saturated rings. The molecule has 1 aromatic heterocycles. The van der Waals surface area contributed by atoms with Gasteiger partial charge >= 0.3 is 0 Å². The average molecular weight is 177 g/mol. The SMILES string of the molecule is Cc1cnc(CNC2CCC2)cn1. The summed E-state index contributed by atoms with van der Waals surface area (Å²) in [5, 5.41) is 3.45. The second-order valence-corrected chi connectivity index (χ2v) is 3.66. The van der Waals surface area contributed by atoms with E-state index in [9.17, 15) is 0 Å². The van der Waals surface area contributed by atoms with Crippen LogP contribution in [0.5, 0.6) is 0 Å². The molecule has 0 unspecified atom stereocenters. The zero-order valence-corrected chi connectivity index (χ0v) is 7.95. The molecule has 1 saturated carbocycles. The van der Waals surface area contributed by atoms with Crippen LogP contribution in [0.15, 0.2) is 12.4 Å². The number of hydrogen-bond acceptors (Lipinski definition) is 3. The largest absolute Gasteiger partial charge is 0.308 e. The van der Waals surface area contributed by atoms with Crippen molar-refractivity contribution in [3.05, 3.63) is 23.8 Å². The topological polar surface area (TPSA) is 37.8 Å². The minimum Gasteiger partial charge on any atom is -0.308 e. The summed E-state index contributed by atoms with van der Waals surface area (Å²) in [6.07, 6.45) is 7.68. The minimum atomic E-state index is 0.725. The highest BCUT2D eigenvalue weighted by Gasteiger charge is 2.16. The lowest BCUT2D eigenvalue weighted by molar-refractivity contribution is 0.337. The highest BCUT2D eigenvalue weighted by molar-refractivity contribution is 5.00. The maximum absolute atomic E-state index is 4.28. The van der Waals surface area contributed by atoms with Crippen LogP contribution in [0.1, 0.15) is 30.7 Å². The Morgan fingerprint density at radius 3 is 2.77 bits per heavy atom. The minimum absolute atomic E-state index is 0.725. The molecular weight excluding hydrogens is 162 g/mol. The molecule has 2 rings (SSSR count). The lowest BCUT2D eigenvalue weighted by Gasteiger charge is -2.26. The summed E-state index contributed by atoms with van der Waals surface area (Å²) >= 11 is 0. The standard InChI is InChI=1S/C10H15N3/c1-8-5-12-10(6-11-8)7-13-9-3-2-4-9/h5-6,9,13H,2-4,7H2,1H3. The third kappa shape index (κ3) is 2.25. The van der Waals surface area contributed by atoms with Crippen LogP contribution in [0.4, 0.5) is 0 Å². The summed E-state index contributed by atoms with van der Waals surface area (Å²) in [5.74, 6) is 0. The van der Waals surface area contributed by atoms with E-state index in [2.05, 4.69) is 15.3 Å². The van der Waals surface area contributed by atoms with Gasteiger partial charge in [0.25, 0.3) is 0 Å². The highest BCUT2D eigenvalue weighted by atomic mass is 14.9. The zero-order valence-electron chi connectivity index (χ0n) is 7.95. The van der Waals surface area contributed by atoms with Crippen LogP contribution in [0.3, 0.4) is 0 Å². The molecule has 1 aliphatic rings. The van der Waals surface area contributed by atoms with Crippen molar-refractivity contribution in [2.75, 3.05) is 0 Å². The first kappa shape index (κ1) is 8.63. The van der Waals surface area contributed by atoms with E-state index >= 15 is 0 Å². The molecule has 0 bridgehead atoms. The van der Waals surface area contributed by atoms with Crippen LogP contribution in [0.25, 0.3) is 0 Å². The number of aryl methyl sites for hydroxylation is 1. The number of nitrogens with one attached hydrogen (secondary N) is 1. The number of aromatic nitrogens is 2. The molecular formula is C10H15N3. The predicted molar refractivity (Wildman–Crippen MR) is 51.2 cm³/mol. The van der Waals surface area contributed by atoms with Crippen LogP contribution in [0.2, 0.25) is 0 Å². The molecule has 1 aromatic rings. The van der Waals surface area contributed by atoms with Crippen LogP contribution in [-0.4, -0.2) is 16.0 Å². The first-order valence-corrected chi connectivity index (χ1v) is 4.85. The van der Waals surface area contributed by atoms with Crippen molar-refractivity contribution in [2.45, 2.75) is 38.8 Å². The van der Waals surface area contributed by atoms with Crippen LogP contribution in [0, 0.1) is 6.92 Å². The lowest BCUT2D eigenvalue weighted by atomic mass is 9.93. The summed E-state index contributed by atoms with van der Waals surface area (Å²) in [6, 6.07) is 0.725. The van der Waals surface area contributed by atoms with Crippen molar-refractivity contribution in [1.82, 2.24) is 15.3 Å². The molecule has 0 radical (unpaired) electrons. The predicted octanol–water partition coefficient (Wildman–Crippen LogP) is 1.43. The Hall–Kier alpha value is -0.960. The van der Waals surface area contributed by atoms with Crippen molar-refractivity contribution in [3.63, 3.8) is 0 Å². The van der Waals surface area contributed by atoms with E-state index in [1.165, 1.54) is 19.3 Å². The quantitative estimate of drug-likeness (QED) is 0.759. The van der Waals surface area contributed by atoms with Crippen molar-refractivity contribution >= 4 is 0 Å². The number of rotatable bonds is 3. The molecule has 0 atom stereocenters. The highest BCUT2D eigenvalue weighted by Crippen LogP contribution is 2.18. The molecule has 0 aliphatic heterocycles. The van der Waals surface area contributed by atoms with Gasteiger partial charge in [-0.1, -0.05) is 6.42 Å². The van der Waals surface area contributed by atoms with Crippen molar-refractivity contribution < 1.29 is 0 Å². The molecule has 1 aliphatic carbocycles. The molecule has 70 valence electrons. The molecule has 3 heteroatoms. The summed E-state index contributed by atoms with van der Waals surface area (Å²) in [4.78, 5) is 8.48. The third-order valence-corrected chi connectivity index (χ3v) is 2.51. The molecule has 13 heavy (non-hydrogen) atoms. The fraction of sp³-hybridized carbons (Fsp3) is 0.600. The van der Waals surface area contributed by atoms with E-state index in [1.807, 2.05) is 19.3 Å².